The van der Waals surface area contributed by atoms with E-state index in [1.54, 1.807) is 12.1 Å². The summed E-state index contributed by atoms with van der Waals surface area (Å²) in [6, 6.07) is 4.20. The maximum Gasteiger partial charge on any atom is 0.411 e. The first-order valence-corrected chi connectivity index (χ1v) is 5.71. The second-order valence-electron chi connectivity index (χ2n) is 3.95. The number of hydrogen-bond acceptors (Lipinski definition) is 3. The number of aldehydes is 1. The van der Waals surface area contributed by atoms with Gasteiger partial charge in [-0.25, -0.2) is 4.99 Å². The maximum atomic E-state index is 12.7. The molecule has 0 N–H and O–H groups in total. The average molecular weight is 289 g/mol. The van der Waals surface area contributed by atoms with Gasteiger partial charge in [0.2, 0.25) is 0 Å². The van der Waals surface area contributed by atoms with E-state index in [2.05, 4.69) is 9.98 Å². The third kappa shape index (κ3) is 3.20. The third-order valence-corrected chi connectivity index (χ3v) is 2.76. The minimum Gasteiger partial charge on any atom is -0.297 e. The molecule has 1 aromatic carbocycles. The molecule has 19 heavy (non-hydrogen) atoms. The van der Waals surface area contributed by atoms with Crippen LogP contribution in [0, 0.1) is 0 Å². The topological polar surface area (TPSA) is 41.8 Å². The second kappa shape index (κ2) is 5.13. The number of hydrogen-bond donors (Lipinski definition) is 0. The molecule has 1 heterocycles. The molecular formula is C12H8ClF3N2O. The summed E-state index contributed by atoms with van der Waals surface area (Å²) < 4.78 is 38.1. The highest BCUT2D eigenvalue weighted by molar-refractivity contribution is 6.33. The van der Waals surface area contributed by atoms with Gasteiger partial charge in [-0.1, -0.05) is 23.7 Å². The normalized spacial score (nSPS) is 19.7. The van der Waals surface area contributed by atoms with Crippen molar-refractivity contribution >= 4 is 29.4 Å². The van der Waals surface area contributed by atoms with Gasteiger partial charge in [-0.15, -0.1) is 0 Å². The fourth-order valence-electron chi connectivity index (χ4n) is 1.63. The van der Waals surface area contributed by atoms with Crippen LogP contribution in [0.15, 0.2) is 34.3 Å². The first-order valence-electron chi connectivity index (χ1n) is 5.33. The van der Waals surface area contributed by atoms with Crippen LogP contribution in [0.4, 0.5) is 13.2 Å². The van der Waals surface area contributed by atoms with Crippen LogP contribution in [0.5, 0.6) is 0 Å². The minimum atomic E-state index is -4.51. The molecule has 0 aromatic heterocycles. The number of carbonyl (C=O) groups is 1. The highest BCUT2D eigenvalue weighted by Crippen LogP contribution is 2.28. The Morgan fingerprint density at radius 2 is 2.11 bits per heavy atom. The smallest absolute Gasteiger partial charge is 0.297 e. The van der Waals surface area contributed by atoms with E-state index in [0.29, 0.717) is 16.9 Å². The number of benzene rings is 1. The molecule has 3 nitrogen and oxygen atoms in total. The van der Waals surface area contributed by atoms with Crippen molar-refractivity contribution in [2.75, 3.05) is 0 Å². The molecule has 0 saturated carbocycles. The van der Waals surface area contributed by atoms with Crippen LogP contribution in [0.3, 0.4) is 0 Å². The summed E-state index contributed by atoms with van der Waals surface area (Å²) in [4.78, 5) is 18.1. The zero-order valence-corrected chi connectivity index (χ0v) is 10.2. The van der Waals surface area contributed by atoms with Gasteiger partial charge < -0.3 is 0 Å². The van der Waals surface area contributed by atoms with Gasteiger partial charge in [-0.05, 0) is 12.1 Å². The average Bonchev–Trinajstić information content (AvgIpc) is 2.37. The molecule has 100 valence electrons. The predicted molar refractivity (Wildman–Crippen MR) is 65.9 cm³/mol. The first-order chi connectivity index (χ1) is 8.90. The van der Waals surface area contributed by atoms with Gasteiger partial charge in [0.25, 0.3) is 0 Å². The number of amidine groups is 1. The fraction of sp³-hybridized carbons (Fsp3) is 0.250. The lowest BCUT2D eigenvalue weighted by Crippen LogP contribution is -2.34. The highest BCUT2D eigenvalue weighted by Gasteiger charge is 2.42. The quantitative estimate of drug-likeness (QED) is 0.771. The molecule has 0 amide bonds. The van der Waals surface area contributed by atoms with Crippen LogP contribution in [-0.2, 0) is 4.79 Å². The van der Waals surface area contributed by atoms with E-state index in [1.165, 1.54) is 12.1 Å². The van der Waals surface area contributed by atoms with Gasteiger partial charge in [-0.3, -0.25) is 9.79 Å². The van der Waals surface area contributed by atoms with Crippen molar-refractivity contribution in [2.45, 2.75) is 18.6 Å². The van der Waals surface area contributed by atoms with Gasteiger partial charge >= 0.3 is 6.18 Å². The minimum absolute atomic E-state index is 0.127. The predicted octanol–water partition coefficient (Wildman–Crippen LogP) is 3.06. The summed E-state index contributed by atoms with van der Waals surface area (Å²) in [6.45, 7) is 0. The van der Waals surface area contributed by atoms with E-state index >= 15 is 0 Å². The number of alkyl halides is 3. The lowest BCUT2D eigenvalue weighted by atomic mass is 10.1. The van der Waals surface area contributed by atoms with E-state index in [9.17, 15) is 18.0 Å². The second-order valence-corrected chi connectivity index (χ2v) is 4.38. The number of halogens is 4. The molecule has 0 radical (unpaired) electrons. The van der Waals surface area contributed by atoms with Gasteiger partial charge in [0.15, 0.2) is 18.2 Å². The monoisotopic (exact) mass is 288 g/mol. The summed E-state index contributed by atoms with van der Waals surface area (Å²) in [5.41, 5.74) is 0.174. The molecule has 0 spiro atoms. The summed E-state index contributed by atoms with van der Waals surface area (Å²) >= 11 is 5.77. The Labute approximate surface area is 111 Å². The van der Waals surface area contributed by atoms with E-state index < -0.39 is 18.6 Å². The van der Waals surface area contributed by atoms with E-state index in [1.807, 2.05) is 0 Å². The molecule has 0 bridgehead atoms. The molecular weight excluding hydrogens is 281 g/mol. The molecule has 1 unspecified atom stereocenters. The van der Waals surface area contributed by atoms with E-state index in [0.717, 1.165) is 0 Å². The van der Waals surface area contributed by atoms with Crippen LogP contribution >= 0.6 is 11.6 Å². The highest BCUT2D eigenvalue weighted by atomic mass is 35.5. The summed E-state index contributed by atoms with van der Waals surface area (Å²) in [5.74, 6) is -0.127. The Balaban J connectivity index is 2.44. The molecule has 1 aromatic rings. The Bertz CT molecular complexity index is 566. The molecule has 1 atom stereocenters. The third-order valence-electron chi connectivity index (χ3n) is 2.53. The van der Waals surface area contributed by atoms with Crippen molar-refractivity contribution in [3.63, 3.8) is 0 Å². The molecule has 0 aliphatic carbocycles. The van der Waals surface area contributed by atoms with E-state index in [4.69, 9.17) is 11.6 Å². The van der Waals surface area contributed by atoms with E-state index in [-0.39, 0.29) is 11.5 Å². The summed E-state index contributed by atoms with van der Waals surface area (Å²) in [5, 5.41) is 0.359. The molecule has 0 saturated heterocycles. The van der Waals surface area contributed by atoms with Crippen molar-refractivity contribution in [2.24, 2.45) is 9.98 Å². The Hall–Kier alpha value is -1.69. The Morgan fingerprint density at radius 1 is 1.37 bits per heavy atom. The number of rotatable bonds is 2. The maximum absolute atomic E-state index is 12.7. The van der Waals surface area contributed by atoms with Crippen LogP contribution in [0.25, 0.3) is 0 Å². The standard InChI is InChI=1S/C12H8ClF3N2O/c13-8-3-1-2-7(4-8)11-17-9(6-19)5-10(18-11)12(14,15)16/h1-4,6,10H,5H2. The number of aliphatic imine (C=N–C) groups is 2. The van der Waals surface area contributed by atoms with Crippen molar-refractivity contribution in [3.05, 3.63) is 34.9 Å². The molecule has 2 rings (SSSR count). The van der Waals surface area contributed by atoms with Crippen LogP contribution in [0.2, 0.25) is 5.02 Å². The molecule has 1 aliphatic rings. The molecule has 1 aliphatic heterocycles. The molecule has 7 heteroatoms. The van der Waals surface area contributed by atoms with Gasteiger partial charge in [0.05, 0.1) is 5.71 Å². The van der Waals surface area contributed by atoms with Gasteiger partial charge in [-0.2, -0.15) is 13.2 Å². The molecule has 0 fully saturated rings. The zero-order chi connectivity index (χ0) is 14.0. The van der Waals surface area contributed by atoms with Crippen LogP contribution < -0.4 is 0 Å². The van der Waals surface area contributed by atoms with Crippen molar-refractivity contribution in [1.29, 1.82) is 0 Å². The number of carbonyl (C=O) groups excluding carboxylic acids is 1. The lowest BCUT2D eigenvalue weighted by molar-refractivity contribution is -0.145. The first kappa shape index (κ1) is 13.7. The van der Waals surface area contributed by atoms with Crippen molar-refractivity contribution in [1.82, 2.24) is 0 Å². The van der Waals surface area contributed by atoms with Crippen LogP contribution in [-0.4, -0.2) is 30.1 Å². The van der Waals surface area contributed by atoms with Gasteiger partial charge in [0.1, 0.15) is 0 Å². The lowest BCUT2D eigenvalue weighted by Gasteiger charge is -2.20. The Morgan fingerprint density at radius 3 is 2.68 bits per heavy atom. The van der Waals surface area contributed by atoms with Crippen molar-refractivity contribution in [3.8, 4) is 0 Å². The Kier molecular flexibility index (Phi) is 3.71. The zero-order valence-electron chi connectivity index (χ0n) is 9.49. The summed E-state index contributed by atoms with van der Waals surface area (Å²) in [6.07, 6.45) is -4.72. The largest absolute Gasteiger partial charge is 0.411 e. The van der Waals surface area contributed by atoms with Gasteiger partial charge in [0, 0.05) is 17.0 Å². The van der Waals surface area contributed by atoms with Crippen molar-refractivity contribution < 1.29 is 18.0 Å². The summed E-state index contributed by atoms with van der Waals surface area (Å²) in [7, 11) is 0. The SMILES string of the molecule is O=CC1=NC(c2cccc(Cl)c2)=NC(C(F)(F)F)C1. The van der Waals surface area contributed by atoms with Crippen LogP contribution in [0.1, 0.15) is 12.0 Å². The number of nitrogens with zero attached hydrogens (tertiary/aromatic N) is 2. The fourth-order valence-corrected chi connectivity index (χ4v) is 1.82.